The number of hydrogen-bond acceptors (Lipinski definition) is 4. The highest BCUT2D eigenvalue weighted by molar-refractivity contribution is 5.92. The van der Waals surface area contributed by atoms with E-state index in [-0.39, 0.29) is 17.9 Å². The van der Waals surface area contributed by atoms with E-state index in [0.29, 0.717) is 25.2 Å². The zero-order chi connectivity index (χ0) is 15.3. The average Bonchev–Trinajstić information content (AvgIpc) is 2.69. The monoisotopic (exact) mass is 293 g/mol. The van der Waals surface area contributed by atoms with E-state index in [2.05, 4.69) is 9.72 Å². The second-order valence-electron chi connectivity index (χ2n) is 4.33. The number of esters is 1. The molecule has 1 rings (SSSR count). The van der Waals surface area contributed by atoms with Gasteiger partial charge in [-0.15, -0.1) is 0 Å². The lowest BCUT2D eigenvalue weighted by Crippen LogP contribution is -2.11. The lowest BCUT2D eigenvalue weighted by atomic mass is 10.2. The smallest absolute Gasteiger partial charge is 0.389 e. The van der Waals surface area contributed by atoms with Crippen LogP contribution in [0.5, 0.6) is 0 Å². The van der Waals surface area contributed by atoms with E-state index >= 15 is 0 Å². The van der Waals surface area contributed by atoms with Gasteiger partial charge in [-0.2, -0.15) is 13.2 Å². The predicted octanol–water partition coefficient (Wildman–Crippen LogP) is 2.55. The molecule has 0 aliphatic carbocycles. The van der Waals surface area contributed by atoms with Gasteiger partial charge in [0.1, 0.15) is 11.6 Å². The minimum atomic E-state index is -4.15. The van der Waals surface area contributed by atoms with Crippen LogP contribution < -0.4 is 5.73 Å². The number of nitrogens with two attached hydrogens (primary N) is 1. The van der Waals surface area contributed by atoms with Crippen LogP contribution in [0.1, 0.15) is 42.5 Å². The van der Waals surface area contributed by atoms with E-state index in [4.69, 9.17) is 5.73 Å². The summed E-state index contributed by atoms with van der Waals surface area (Å²) in [5.74, 6) is 0.0573. The second-order valence-corrected chi connectivity index (χ2v) is 4.33. The lowest BCUT2D eigenvalue weighted by Gasteiger charge is -2.09. The van der Waals surface area contributed by atoms with Crippen molar-refractivity contribution < 1.29 is 22.7 Å². The Labute approximate surface area is 114 Å². The summed E-state index contributed by atoms with van der Waals surface area (Å²) in [6, 6.07) is 0. The Kier molecular flexibility index (Phi) is 5.41. The Hall–Kier alpha value is -1.73. The summed E-state index contributed by atoms with van der Waals surface area (Å²) in [5, 5.41) is 0. The van der Waals surface area contributed by atoms with Crippen LogP contribution in [-0.2, 0) is 17.7 Å². The van der Waals surface area contributed by atoms with Crippen LogP contribution >= 0.6 is 0 Å². The molecule has 0 aromatic carbocycles. The molecule has 1 heterocycles. The maximum atomic E-state index is 12.1. The normalized spacial score (nSPS) is 11.7. The van der Waals surface area contributed by atoms with Crippen LogP contribution in [0, 0.1) is 0 Å². The van der Waals surface area contributed by atoms with E-state index in [0.717, 1.165) is 0 Å². The van der Waals surface area contributed by atoms with Crippen LogP contribution in [0.25, 0.3) is 0 Å². The molecule has 0 unspecified atom stereocenters. The molecule has 1 aromatic rings. The zero-order valence-corrected chi connectivity index (χ0v) is 11.5. The summed E-state index contributed by atoms with van der Waals surface area (Å²) in [6.45, 7) is 2.13. The van der Waals surface area contributed by atoms with Crippen LogP contribution in [0.3, 0.4) is 0 Å². The molecule has 0 saturated heterocycles. The highest BCUT2D eigenvalue weighted by Gasteiger charge is 2.26. The molecule has 0 saturated carbocycles. The third-order valence-corrected chi connectivity index (χ3v) is 2.87. The minimum Gasteiger partial charge on any atom is -0.464 e. The van der Waals surface area contributed by atoms with Gasteiger partial charge < -0.3 is 15.0 Å². The van der Waals surface area contributed by atoms with Crippen molar-refractivity contribution >= 4 is 11.8 Å². The molecule has 8 heteroatoms. The maximum Gasteiger partial charge on any atom is 0.389 e. The van der Waals surface area contributed by atoms with E-state index in [1.165, 1.54) is 7.11 Å². The number of imidazole rings is 1. The fourth-order valence-corrected chi connectivity index (χ4v) is 1.88. The number of carbonyl (C=O) groups excluding carboxylic acids is 1. The summed E-state index contributed by atoms with van der Waals surface area (Å²) >= 11 is 0. The number of carbonyl (C=O) groups is 1. The first-order valence-corrected chi connectivity index (χ1v) is 6.30. The molecule has 0 atom stereocenters. The van der Waals surface area contributed by atoms with E-state index in [1.807, 2.05) is 6.92 Å². The summed E-state index contributed by atoms with van der Waals surface area (Å²) < 4.78 is 42.3. The van der Waals surface area contributed by atoms with Gasteiger partial charge >= 0.3 is 12.1 Å². The Morgan fingerprint density at radius 1 is 1.40 bits per heavy atom. The fourth-order valence-electron chi connectivity index (χ4n) is 1.88. The Bertz CT molecular complexity index is 469. The summed E-state index contributed by atoms with van der Waals surface area (Å²) in [6.07, 6.45) is -4.12. The number of ether oxygens (including phenoxy) is 1. The Morgan fingerprint density at radius 3 is 2.55 bits per heavy atom. The fraction of sp³-hybridized carbons (Fsp3) is 0.667. The third-order valence-electron chi connectivity index (χ3n) is 2.87. The number of aryl methyl sites for hydroxylation is 1. The van der Waals surface area contributed by atoms with Crippen molar-refractivity contribution in [3.05, 3.63) is 11.5 Å². The largest absolute Gasteiger partial charge is 0.464 e. The SMILES string of the molecule is CCc1nc(C(=O)OC)c(N)n1CCCCC(F)(F)F. The number of aromatic nitrogens is 2. The first-order chi connectivity index (χ1) is 9.30. The van der Waals surface area contributed by atoms with Crippen molar-refractivity contribution in [3.63, 3.8) is 0 Å². The molecule has 5 nitrogen and oxygen atoms in total. The van der Waals surface area contributed by atoms with Crippen molar-refractivity contribution in [1.29, 1.82) is 0 Å². The number of hydrogen-bond donors (Lipinski definition) is 1. The zero-order valence-electron chi connectivity index (χ0n) is 11.5. The van der Waals surface area contributed by atoms with Crippen molar-refractivity contribution in [2.45, 2.75) is 45.3 Å². The molecule has 0 aliphatic rings. The summed E-state index contributed by atoms with van der Waals surface area (Å²) in [7, 11) is 1.22. The van der Waals surface area contributed by atoms with Gasteiger partial charge in [-0.25, -0.2) is 9.78 Å². The molecule has 20 heavy (non-hydrogen) atoms. The summed E-state index contributed by atoms with van der Waals surface area (Å²) in [4.78, 5) is 15.5. The molecule has 1 aromatic heterocycles. The predicted molar refractivity (Wildman–Crippen MR) is 67.3 cm³/mol. The third kappa shape index (κ3) is 4.14. The molecule has 0 bridgehead atoms. The van der Waals surface area contributed by atoms with Crippen molar-refractivity contribution in [1.82, 2.24) is 9.55 Å². The highest BCUT2D eigenvalue weighted by Crippen LogP contribution is 2.23. The minimum absolute atomic E-state index is 0.0117. The van der Waals surface area contributed by atoms with E-state index in [1.54, 1.807) is 4.57 Å². The molecule has 0 aliphatic heterocycles. The molecular formula is C12H18F3N3O2. The maximum absolute atomic E-state index is 12.1. The second kappa shape index (κ2) is 6.62. The quantitative estimate of drug-likeness (QED) is 0.646. The number of nitrogens with zero attached hydrogens (tertiary/aromatic N) is 2. The molecule has 0 amide bonds. The number of methoxy groups -OCH3 is 1. The number of unbranched alkanes of at least 4 members (excludes halogenated alkanes) is 1. The van der Waals surface area contributed by atoms with Crippen molar-refractivity contribution in [2.75, 3.05) is 12.8 Å². The average molecular weight is 293 g/mol. The van der Waals surface area contributed by atoms with E-state index < -0.39 is 18.6 Å². The molecule has 2 N–H and O–H groups in total. The standard InChI is InChI=1S/C12H18F3N3O2/c1-3-8-17-9(11(19)20-2)10(16)18(8)7-5-4-6-12(13,14)15/h3-7,16H2,1-2H3. The van der Waals surface area contributed by atoms with Crippen LogP contribution in [0.4, 0.5) is 19.0 Å². The molecule has 0 radical (unpaired) electrons. The van der Waals surface area contributed by atoms with Gasteiger partial charge in [0.15, 0.2) is 5.69 Å². The van der Waals surface area contributed by atoms with Gasteiger partial charge in [0.25, 0.3) is 0 Å². The van der Waals surface area contributed by atoms with Crippen LogP contribution in [0.2, 0.25) is 0 Å². The van der Waals surface area contributed by atoms with Gasteiger partial charge in [-0.3, -0.25) is 0 Å². The van der Waals surface area contributed by atoms with Crippen molar-refractivity contribution in [3.8, 4) is 0 Å². The number of rotatable bonds is 6. The molecule has 0 fully saturated rings. The molecular weight excluding hydrogens is 275 g/mol. The Morgan fingerprint density at radius 2 is 2.05 bits per heavy atom. The number of anilines is 1. The first kappa shape index (κ1) is 16.3. The van der Waals surface area contributed by atoms with Gasteiger partial charge in [-0.1, -0.05) is 6.92 Å². The number of alkyl halides is 3. The first-order valence-electron chi connectivity index (χ1n) is 6.30. The van der Waals surface area contributed by atoms with Gasteiger partial charge in [-0.05, 0) is 12.8 Å². The van der Waals surface area contributed by atoms with E-state index in [9.17, 15) is 18.0 Å². The Balaban J connectivity index is 2.74. The van der Waals surface area contributed by atoms with Gasteiger partial charge in [0, 0.05) is 19.4 Å². The number of nitrogen functional groups attached to an aromatic ring is 1. The van der Waals surface area contributed by atoms with Gasteiger partial charge in [0.2, 0.25) is 0 Å². The number of halogens is 3. The summed E-state index contributed by atoms with van der Waals surface area (Å²) in [5.41, 5.74) is 5.82. The van der Waals surface area contributed by atoms with Crippen LogP contribution in [-0.4, -0.2) is 28.8 Å². The molecule has 114 valence electrons. The van der Waals surface area contributed by atoms with Gasteiger partial charge in [0.05, 0.1) is 7.11 Å². The van der Waals surface area contributed by atoms with Crippen LogP contribution in [0.15, 0.2) is 0 Å². The molecule has 0 spiro atoms. The lowest BCUT2D eigenvalue weighted by molar-refractivity contribution is -0.135. The topological polar surface area (TPSA) is 70.1 Å². The van der Waals surface area contributed by atoms with Crippen molar-refractivity contribution in [2.24, 2.45) is 0 Å². The highest BCUT2D eigenvalue weighted by atomic mass is 19.4.